The lowest BCUT2D eigenvalue weighted by molar-refractivity contribution is -0.130. The molecule has 2 amide bonds. The van der Waals surface area contributed by atoms with Gasteiger partial charge >= 0.3 is 12.0 Å². The Kier molecular flexibility index (Phi) is 6.32. The topological polar surface area (TPSA) is 65.5 Å². The number of nitrogens with zero attached hydrogens (tertiary/aromatic N) is 4. The number of anilines is 2. The molecule has 4 aromatic carbocycles. The van der Waals surface area contributed by atoms with Crippen LogP contribution in [-0.2, 0) is 9.53 Å². The highest BCUT2D eigenvalue weighted by atomic mass is 16.6. The first-order valence-electron chi connectivity index (χ1n) is 12.6. The van der Waals surface area contributed by atoms with Gasteiger partial charge in [0.15, 0.2) is 5.70 Å². The second-order valence-electron chi connectivity index (χ2n) is 9.16. The minimum absolute atomic E-state index is 0.0776. The van der Waals surface area contributed by atoms with Gasteiger partial charge in [-0.25, -0.2) is 14.6 Å². The fourth-order valence-corrected chi connectivity index (χ4v) is 4.81. The number of carbonyl (C=O) groups excluding carboxylic acids is 2. The Morgan fingerprint density at radius 1 is 0.763 bits per heavy atom. The Bertz CT molecular complexity index is 1500. The van der Waals surface area contributed by atoms with Crippen LogP contribution in [0, 0.1) is 0 Å². The first-order valence-corrected chi connectivity index (χ1v) is 12.6. The number of fused-ring (bicyclic) bond motifs is 1. The molecular weight excluding hydrogens is 476 g/mol. The van der Waals surface area contributed by atoms with Gasteiger partial charge < -0.3 is 14.5 Å². The van der Waals surface area contributed by atoms with Gasteiger partial charge in [0.05, 0.1) is 11.4 Å². The number of cyclic esters (lactones) is 1. The molecule has 0 radical (unpaired) electrons. The van der Waals surface area contributed by atoms with Crippen molar-refractivity contribution in [1.29, 1.82) is 0 Å². The summed E-state index contributed by atoms with van der Waals surface area (Å²) in [6.45, 7) is 2.21. The van der Waals surface area contributed by atoms with Crippen molar-refractivity contribution in [3.05, 3.63) is 121 Å². The van der Waals surface area contributed by atoms with Gasteiger partial charge in [-0.05, 0) is 41.1 Å². The first-order chi connectivity index (χ1) is 18.7. The third kappa shape index (κ3) is 4.62. The number of esters is 1. The molecule has 0 spiro atoms. The summed E-state index contributed by atoms with van der Waals surface area (Å²) in [5.41, 5.74) is 2.69. The summed E-state index contributed by atoms with van der Waals surface area (Å²) in [5, 5.41) is 2.04. The van der Waals surface area contributed by atoms with E-state index in [0.717, 1.165) is 27.7 Å². The Hall–Kier alpha value is -4.91. The molecule has 0 unspecified atom stereocenters. The number of piperazine rings is 1. The molecule has 2 aliphatic rings. The van der Waals surface area contributed by atoms with Gasteiger partial charge in [0.25, 0.3) is 0 Å². The summed E-state index contributed by atoms with van der Waals surface area (Å²) in [5.74, 6) is -0.154. The van der Waals surface area contributed by atoms with Crippen LogP contribution < -0.4 is 4.90 Å². The lowest BCUT2D eigenvalue weighted by atomic mass is 10.0. The molecule has 0 bridgehead atoms. The minimum atomic E-state index is -0.467. The Morgan fingerprint density at radius 3 is 2.05 bits per heavy atom. The van der Waals surface area contributed by atoms with E-state index < -0.39 is 5.97 Å². The summed E-state index contributed by atoms with van der Waals surface area (Å²) in [4.78, 5) is 36.4. The molecule has 0 aromatic heterocycles. The molecule has 0 aliphatic carbocycles. The van der Waals surface area contributed by atoms with E-state index in [1.165, 1.54) is 0 Å². The van der Waals surface area contributed by atoms with E-state index >= 15 is 0 Å². The van der Waals surface area contributed by atoms with Crippen LogP contribution in [0.2, 0.25) is 0 Å². The monoisotopic (exact) mass is 502 g/mol. The van der Waals surface area contributed by atoms with E-state index in [9.17, 15) is 9.59 Å². The van der Waals surface area contributed by atoms with E-state index in [1.807, 2.05) is 113 Å². The average Bonchev–Trinajstić information content (AvgIpc) is 3.34. The molecule has 1 saturated heterocycles. The van der Waals surface area contributed by atoms with Crippen LogP contribution in [0.25, 0.3) is 10.8 Å². The second kappa shape index (κ2) is 10.2. The van der Waals surface area contributed by atoms with Crippen molar-refractivity contribution < 1.29 is 14.3 Å². The van der Waals surface area contributed by atoms with E-state index in [4.69, 9.17) is 4.74 Å². The third-order valence-corrected chi connectivity index (χ3v) is 6.75. The molecule has 6 rings (SSSR count). The standard InChI is InChI=1S/C31H26N4O3/c36-30-28(32-29(38-30)27-17-9-11-23-10-7-8-16-26(23)27)22-33-18-20-34(21-19-33)31(37)35(24-12-3-1-4-13-24)25-14-5-2-6-15-25/h1-17,22H,18-21H2/b28-22+. The zero-order chi connectivity index (χ0) is 25.9. The molecule has 0 saturated carbocycles. The Labute approximate surface area is 220 Å². The molecular formula is C31H26N4O3. The fraction of sp³-hybridized carbons (Fsp3) is 0.129. The van der Waals surface area contributed by atoms with Crippen molar-refractivity contribution in [3.63, 3.8) is 0 Å². The van der Waals surface area contributed by atoms with Gasteiger partial charge in [-0.3, -0.25) is 4.90 Å². The number of para-hydroxylation sites is 2. The van der Waals surface area contributed by atoms with Gasteiger partial charge in [0.2, 0.25) is 5.90 Å². The van der Waals surface area contributed by atoms with Crippen LogP contribution in [0.3, 0.4) is 0 Å². The summed E-state index contributed by atoms with van der Waals surface area (Å²) in [7, 11) is 0. The van der Waals surface area contributed by atoms with Crippen LogP contribution in [0.4, 0.5) is 16.2 Å². The van der Waals surface area contributed by atoms with Crippen LogP contribution in [0.15, 0.2) is 120 Å². The number of rotatable bonds is 4. The van der Waals surface area contributed by atoms with Gasteiger partial charge in [0, 0.05) is 37.9 Å². The number of hydrogen-bond donors (Lipinski definition) is 0. The quantitative estimate of drug-likeness (QED) is 0.271. The largest absolute Gasteiger partial charge is 0.402 e. The summed E-state index contributed by atoms with van der Waals surface area (Å²) in [6.07, 6.45) is 1.74. The number of hydrogen-bond acceptors (Lipinski definition) is 5. The first kappa shape index (κ1) is 23.5. The second-order valence-corrected chi connectivity index (χ2v) is 9.16. The van der Waals surface area contributed by atoms with Crippen LogP contribution in [0.5, 0.6) is 0 Å². The number of carbonyl (C=O) groups is 2. The zero-order valence-corrected chi connectivity index (χ0v) is 20.7. The smallest absolute Gasteiger partial charge is 0.365 e. The number of urea groups is 1. The highest BCUT2D eigenvalue weighted by Crippen LogP contribution is 2.28. The maximum Gasteiger partial charge on any atom is 0.365 e. The van der Waals surface area contributed by atoms with E-state index in [0.29, 0.717) is 32.1 Å². The number of amides is 2. The zero-order valence-electron chi connectivity index (χ0n) is 20.7. The summed E-state index contributed by atoms with van der Waals surface area (Å²) >= 11 is 0. The molecule has 2 heterocycles. The molecule has 1 fully saturated rings. The predicted octanol–water partition coefficient (Wildman–Crippen LogP) is 5.56. The van der Waals surface area contributed by atoms with Gasteiger partial charge in [-0.1, -0.05) is 72.8 Å². The van der Waals surface area contributed by atoms with E-state index in [2.05, 4.69) is 4.99 Å². The third-order valence-electron chi connectivity index (χ3n) is 6.75. The average molecular weight is 503 g/mol. The van der Waals surface area contributed by atoms with Gasteiger partial charge in [0.1, 0.15) is 0 Å². The summed E-state index contributed by atoms with van der Waals surface area (Å²) in [6, 6.07) is 33.0. The van der Waals surface area contributed by atoms with Crippen molar-refractivity contribution in [2.24, 2.45) is 4.99 Å². The lowest BCUT2D eigenvalue weighted by Gasteiger charge is -2.37. The predicted molar refractivity (Wildman–Crippen MR) is 148 cm³/mol. The van der Waals surface area contributed by atoms with Crippen LogP contribution in [0.1, 0.15) is 5.56 Å². The van der Waals surface area contributed by atoms with E-state index in [1.54, 1.807) is 11.1 Å². The molecule has 2 aliphatic heterocycles. The summed E-state index contributed by atoms with van der Waals surface area (Å²) < 4.78 is 5.54. The van der Waals surface area contributed by atoms with E-state index in [-0.39, 0.29) is 11.7 Å². The highest BCUT2D eigenvalue weighted by molar-refractivity contribution is 6.16. The van der Waals surface area contributed by atoms with Gasteiger partial charge in [-0.15, -0.1) is 0 Å². The SMILES string of the molecule is O=C1OC(c2cccc3ccccc23)=N/C1=C/N1CCN(C(=O)N(c2ccccc2)c2ccccc2)CC1. The van der Waals surface area contributed by atoms with Crippen molar-refractivity contribution >= 4 is 40.0 Å². The van der Waals surface area contributed by atoms with Gasteiger partial charge in [-0.2, -0.15) is 0 Å². The molecule has 0 atom stereocenters. The van der Waals surface area contributed by atoms with Crippen LogP contribution >= 0.6 is 0 Å². The molecule has 7 heteroatoms. The molecule has 7 nitrogen and oxygen atoms in total. The van der Waals surface area contributed by atoms with Crippen molar-refractivity contribution in [2.45, 2.75) is 0 Å². The maximum absolute atomic E-state index is 13.6. The maximum atomic E-state index is 13.6. The van der Waals surface area contributed by atoms with Crippen molar-refractivity contribution in [3.8, 4) is 0 Å². The highest BCUT2D eigenvalue weighted by Gasteiger charge is 2.29. The molecule has 188 valence electrons. The Morgan fingerprint density at radius 2 is 1.37 bits per heavy atom. The molecule has 4 aromatic rings. The number of benzene rings is 4. The number of aliphatic imine (C=N–C) groups is 1. The lowest BCUT2D eigenvalue weighted by Crippen LogP contribution is -2.50. The molecule has 0 N–H and O–H groups in total. The normalized spacial score (nSPS) is 16.5. The van der Waals surface area contributed by atoms with Crippen molar-refractivity contribution in [2.75, 3.05) is 31.1 Å². The Balaban J connectivity index is 1.18. The molecule has 38 heavy (non-hydrogen) atoms. The van der Waals surface area contributed by atoms with Crippen molar-refractivity contribution in [1.82, 2.24) is 9.80 Å². The van der Waals surface area contributed by atoms with Crippen LogP contribution in [-0.4, -0.2) is 53.9 Å². The number of ether oxygens (including phenoxy) is 1. The minimum Gasteiger partial charge on any atom is -0.402 e. The fourth-order valence-electron chi connectivity index (χ4n) is 4.81.